The van der Waals surface area contributed by atoms with Crippen molar-refractivity contribution in [1.29, 1.82) is 0 Å². The Morgan fingerprint density at radius 1 is 0.906 bits per heavy atom. The Bertz CT molecular complexity index is 822. The molecule has 0 atom stereocenters. The van der Waals surface area contributed by atoms with Crippen LogP contribution in [0.5, 0.6) is 0 Å². The number of aryl methyl sites for hydroxylation is 1. The minimum Gasteiger partial charge on any atom is -0.356 e. The number of carbonyl (C=O) groups is 5. The number of carbonyl (C=O) groups excluding carboxylic acids is 5. The summed E-state index contributed by atoms with van der Waals surface area (Å²) in [6.45, 7) is 1.32. The molecule has 1 saturated carbocycles. The van der Waals surface area contributed by atoms with Crippen LogP contribution >= 0.6 is 11.6 Å². The Morgan fingerprint density at radius 2 is 1.59 bits per heavy atom. The first kappa shape index (κ1) is 25.5. The van der Waals surface area contributed by atoms with Crippen LogP contribution in [0.25, 0.3) is 0 Å². The number of hydrogen-bond acceptors (Lipinski definition) is 5. The van der Waals surface area contributed by atoms with E-state index in [1.165, 1.54) is 0 Å². The van der Waals surface area contributed by atoms with E-state index in [-0.39, 0.29) is 29.5 Å². The van der Waals surface area contributed by atoms with Gasteiger partial charge in [-0.25, -0.2) is 0 Å². The zero-order valence-electron chi connectivity index (χ0n) is 18.0. The number of aldehydes is 2. The van der Waals surface area contributed by atoms with Gasteiger partial charge in [0.05, 0.1) is 0 Å². The molecule has 1 aromatic rings. The van der Waals surface area contributed by atoms with Gasteiger partial charge in [-0.05, 0) is 49.7 Å². The van der Waals surface area contributed by atoms with Crippen LogP contribution in [0.2, 0.25) is 0 Å². The zero-order valence-corrected chi connectivity index (χ0v) is 18.8. The molecule has 2 rings (SSSR count). The topological polar surface area (TPSA) is 121 Å². The first-order valence-corrected chi connectivity index (χ1v) is 11.4. The monoisotopic (exact) mass is 463 g/mol. The lowest BCUT2D eigenvalue weighted by atomic mass is 9.81. The Hall–Kier alpha value is -2.74. The maximum atomic E-state index is 12.2. The minimum atomic E-state index is -0.259. The standard InChI is InChI=1S/C23H30ClN3O5/c24-12-22(31)25-9-10-26-23(32)18-5-2-17(3-6-18)13-27-21(30)8-4-16-1-7-19(14-28)20(11-16)15-29/h1,7,11,14-15,17-18H,2-6,8-10,12-13H2,(H,25,31)(H,26,32)(H,27,30). The van der Waals surface area contributed by atoms with Crippen molar-refractivity contribution >= 4 is 41.9 Å². The number of hydrogen-bond donors (Lipinski definition) is 3. The molecule has 3 amide bonds. The van der Waals surface area contributed by atoms with Gasteiger partial charge in [0.25, 0.3) is 0 Å². The second-order valence-corrected chi connectivity index (χ2v) is 8.26. The van der Waals surface area contributed by atoms with Crippen molar-refractivity contribution in [1.82, 2.24) is 16.0 Å². The van der Waals surface area contributed by atoms with Gasteiger partial charge >= 0.3 is 0 Å². The van der Waals surface area contributed by atoms with Crippen LogP contribution in [0, 0.1) is 11.8 Å². The second-order valence-electron chi connectivity index (χ2n) is 8.00. The molecule has 0 bridgehead atoms. The highest BCUT2D eigenvalue weighted by atomic mass is 35.5. The third kappa shape index (κ3) is 8.42. The largest absolute Gasteiger partial charge is 0.356 e. The maximum Gasteiger partial charge on any atom is 0.234 e. The van der Waals surface area contributed by atoms with Crippen LogP contribution in [0.1, 0.15) is 58.4 Å². The molecule has 8 nitrogen and oxygen atoms in total. The molecular formula is C23H30ClN3O5. The number of halogens is 1. The van der Waals surface area contributed by atoms with Gasteiger partial charge in [0.15, 0.2) is 12.6 Å². The Balaban J connectivity index is 1.63. The fourth-order valence-electron chi connectivity index (χ4n) is 3.80. The number of nitrogens with one attached hydrogen (secondary N) is 3. The summed E-state index contributed by atoms with van der Waals surface area (Å²) in [5.41, 5.74) is 1.51. The predicted octanol–water partition coefficient (Wildman–Crippen LogP) is 1.64. The summed E-state index contributed by atoms with van der Waals surface area (Å²) >= 11 is 5.39. The maximum absolute atomic E-state index is 12.2. The fraction of sp³-hybridized carbons (Fsp3) is 0.522. The first-order valence-electron chi connectivity index (χ1n) is 10.9. The molecular weight excluding hydrogens is 434 g/mol. The molecule has 174 valence electrons. The SMILES string of the molecule is O=Cc1ccc(CCC(=O)NCC2CCC(C(=O)NCCNC(=O)CCl)CC2)cc1C=O. The Labute approximate surface area is 192 Å². The second kappa shape index (κ2) is 13.6. The average Bonchev–Trinajstić information content (AvgIpc) is 2.83. The molecule has 32 heavy (non-hydrogen) atoms. The van der Waals surface area contributed by atoms with Crippen molar-refractivity contribution in [3.63, 3.8) is 0 Å². The van der Waals surface area contributed by atoms with Gasteiger partial charge in [0, 0.05) is 43.1 Å². The van der Waals surface area contributed by atoms with E-state index in [1.807, 2.05) is 0 Å². The van der Waals surface area contributed by atoms with Gasteiger partial charge < -0.3 is 16.0 Å². The lowest BCUT2D eigenvalue weighted by molar-refractivity contribution is -0.126. The molecule has 0 aromatic heterocycles. The van der Waals surface area contributed by atoms with E-state index in [4.69, 9.17) is 11.6 Å². The molecule has 1 aliphatic carbocycles. The van der Waals surface area contributed by atoms with Crippen LogP contribution in [0.15, 0.2) is 18.2 Å². The summed E-state index contributed by atoms with van der Waals surface area (Å²) < 4.78 is 0. The van der Waals surface area contributed by atoms with Crippen LogP contribution in [-0.4, -0.2) is 55.8 Å². The molecule has 0 unspecified atom stereocenters. The highest BCUT2D eigenvalue weighted by molar-refractivity contribution is 6.27. The molecule has 1 aromatic carbocycles. The van der Waals surface area contributed by atoms with Crippen molar-refractivity contribution in [2.24, 2.45) is 11.8 Å². The highest BCUT2D eigenvalue weighted by Gasteiger charge is 2.26. The average molecular weight is 464 g/mol. The first-order chi connectivity index (χ1) is 15.5. The van der Waals surface area contributed by atoms with Crippen molar-refractivity contribution in [3.05, 3.63) is 34.9 Å². The summed E-state index contributed by atoms with van der Waals surface area (Å²) in [6, 6.07) is 4.98. The van der Waals surface area contributed by atoms with Crippen molar-refractivity contribution in [2.45, 2.75) is 38.5 Å². The molecule has 1 aliphatic rings. The van der Waals surface area contributed by atoms with Gasteiger partial charge in [0.1, 0.15) is 5.88 Å². The quantitative estimate of drug-likeness (QED) is 0.247. The Kier molecular flexibility index (Phi) is 10.9. The van der Waals surface area contributed by atoms with Crippen LogP contribution in [-0.2, 0) is 20.8 Å². The Morgan fingerprint density at radius 3 is 2.25 bits per heavy atom. The van der Waals surface area contributed by atoms with E-state index in [2.05, 4.69) is 16.0 Å². The van der Waals surface area contributed by atoms with Crippen LogP contribution in [0.3, 0.4) is 0 Å². The van der Waals surface area contributed by atoms with E-state index in [9.17, 15) is 24.0 Å². The van der Waals surface area contributed by atoms with Crippen molar-refractivity contribution < 1.29 is 24.0 Å². The normalized spacial score (nSPS) is 17.8. The lowest BCUT2D eigenvalue weighted by Crippen LogP contribution is -2.39. The molecule has 0 aliphatic heterocycles. The van der Waals surface area contributed by atoms with Crippen molar-refractivity contribution in [2.75, 3.05) is 25.5 Å². The predicted molar refractivity (Wildman–Crippen MR) is 121 cm³/mol. The summed E-state index contributed by atoms with van der Waals surface area (Å²) in [5.74, 6) is -0.0974. The summed E-state index contributed by atoms with van der Waals surface area (Å²) in [7, 11) is 0. The molecule has 3 N–H and O–H groups in total. The number of amides is 3. The van der Waals surface area contributed by atoms with E-state index >= 15 is 0 Å². The van der Waals surface area contributed by atoms with Crippen LogP contribution in [0.4, 0.5) is 0 Å². The molecule has 0 saturated heterocycles. The van der Waals surface area contributed by atoms with E-state index in [0.717, 1.165) is 31.2 Å². The molecule has 0 radical (unpaired) electrons. The van der Waals surface area contributed by atoms with Gasteiger partial charge in [-0.15, -0.1) is 11.6 Å². The van der Waals surface area contributed by atoms with Gasteiger partial charge in [0.2, 0.25) is 17.7 Å². The van der Waals surface area contributed by atoms with Gasteiger partial charge in [-0.1, -0.05) is 12.1 Å². The smallest absolute Gasteiger partial charge is 0.234 e. The molecule has 1 fully saturated rings. The molecule has 0 spiro atoms. The van der Waals surface area contributed by atoms with E-state index in [0.29, 0.717) is 62.1 Å². The summed E-state index contributed by atoms with van der Waals surface area (Å²) in [5, 5.41) is 8.40. The third-order valence-corrected chi connectivity index (χ3v) is 5.96. The summed E-state index contributed by atoms with van der Waals surface area (Å²) in [6.07, 6.45) is 5.37. The number of alkyl halides is 1. The van der Waals surface area contributed by atoms with Gasteiger partial charge in [-0.3, -0.25) is 24.0 Å². The lowest BCUT2D eigenvalue weighted by Gasteiger charge is -2.28. The number of rotatable bonds is 12. The van der Waals surface area contributed by atoms with E-state index < -0.39 is 0 Å². The zero-order chi connectivity index (χ0) is 23.3. The highest BCUT2D eigenvalue weighted by Crippen LogP contribution is 2.28. The van der Waals surface area contributed by atoms with E-state index in [1.54, 1.807) is 18.2 Å². The summed E-state index contributed by atoms with van der Waals surface area (Å²) in [4.78, 5) is 57.4. The number of benzene rings is 1. The van der Waals surface area contributed by atoms with Crippen molar-refractivity contribution in [3.8, 4) is 0 Å². The minimum absolute atomic E-state index is 0.00268. The fourth-order valence-corrected chi connectivity index (χ4v) is 3.90. The third-order valence-electron chi connectivity index (χ3n) is 5.72. The van der Waals surface area contributed by atoms with Gasteiger partial charge in [-0.2, -0.15) is 0 Å². The molecule has 9 heteroatoms. The van der Waals surface area contributed by atoms with Crippen LogP contribution < -0.4 is 16.0 Å². The molecule has 0 heterocycles.